The molecule has 6 nitrogen and oxygen atoms in total. The molecule has 0 aliphatic carbocycles. The normalized spacial score (nSPS) is 13.7. The number of anilines is 1. The molecule has 1 rings (SSSR count). The van der Waals surface area contributed by atoms with Gasteiger partial charge in [-0.1, -0.05) is 32.9 Å². The van der Waals surface area contributed by atoms with Crippen LogP contribution in [0.15, 0.2) is 29.2 Å². The Morgan fingerprint density at radius 2 is 1.90 bits per heavy atom. The van der Waals surface area contributed by atoms with Crippen molar-refractivity contribution in [3.63, 3.8) is 0 Å². The van der Waals surface area contributed by atoms with Crippen molar-refractivity contribution in [2.24, 2.45) is 16.5 Å². The van der Waals surface area contributed by atoms with Crippen molar-refractivity contribution < 1.29 is 18.3 Å². The summed E-state index contributed by atoms with van der Waals surface area (Å²) in [6, 6.07) is 6.18. The monoisotopic (exact) mass is 314 g/mol. The van der Waals surface area contributed by atoms with Crippen LogP contribution >= 0.6 is 0 Å². The van der Waals surface area contributed by atoms with Crippen molar-refractivity contribution in [1.82, 2.24) is 0 Å². The van der Waals surface area contributed by atoms with E-state index in [1.54, 1.807) is 18.2 Å². The Morgan fingerprint density at radius 1 is 1.33 bits per heavy atom. The minimum absolute atomic E-state index is 0.0371. The number of nitrogens with two attached hydrogens (primary N) is 1. The summed E-state index contributed by atoms with van der Waals surface area (Å²) in [4.78, 5) is 11.3. The number of sulfonamides is 1. The van der Waals surface area contributed by atoms with Crippen LogP contribution in [0.2, 0.25) is 0 Å². The van der Waals surface area contributed by atoms with Gasteiger partial charge in [-0.05, 0) is 24.0 Å². The third-order valence-corrected chi connectivity index (χ3v) is 3.91. The summed E-state index contributed by atoms with van der Waals surface area (Å²) >= 11 is 0. The molecule has 1 unspecified atom stereocenters. The fourth-order valence-electron chi connectivity index (χ4n) is 2.08. The molecule has 1 atom stereocenters. The number of carboxylic acids is 1. The van der Waals surface area contributed by atoms with E-state index in [-0.39, 0.29) is 16.9 Å². The second-order valence-electron chi connectivity index (χ2n) is 6.22. The Kier molecular flexibility index (Phi) is 5.36. The lowest BCUT2D eigenvalue weighted by atomic mass is 9.84. The molecule has 0 saturated carbocycles. The highest BCUT2D eigenvalue weighted by Crippen LogP contribution is 2.26. The van der Waals surface area contributed by atoms with Gasteiger partial charge in [-0.3, -0.25) is 4.79 Å². The summed E-state index contributed by atoms with van der Waals surface area (Å²) in [5, 5.41) is 17.3. The lowest BCUT2D eigenvalue weighted by Crippen LogP contribution is -2.28. The second kappa shape index (κ2) is 6.44. The Labute approximate surface area is 125 Å². The Balaban J connectivity index is 2.89. The van der Waals surface area contributed by atoms with E-state index in [9.17, 15) is 18.3 Å². The average molecular weight is 314 g/mol. The molecule has 0 fully saturated rings. The maximum absolute atomic E-state index is 11.5. The van der Waals surface area contributed by atoms with E-state index in [1.165, 1.54) is 6.07 Å². The Hall–Kier alpha value is -1.60. The maximum atomic E-state index is 11.5. The van der Waals surface area contributed by atoms with Gasteiger partial charge in [0.15, 0.2) is 0 Å². The molecule has 0 radical (unpaired) electrons. The predicted octanol–water partition coefficient (Wildman–Crippen LogP) is 1.88. The molecule has 7 heteroatoms. The number of carbonyl (C=O) groups is 1. The summed E-state index contributed by atoms with van der Waals surface area (Å²) < 4.78 is 23.0. The summed E-state index contributed by atoms with van der Waals surface area (Å²) in [7, 11) is -3.85. The topological polar surface area (TPSA) is 109 Å². The summed E-state index contributed by atoms with van der Waals surface area (Å²) in [6.45, 7) is 6.02. The maximum Gasteiger partial charge on any atom is 0.308 e. The molecule has 0 bridgehead atoms. The van der Waals surface area contributed by atoms with Crippen LogP contribution in [-0.2, 0) is 14.8 Å². The number of aliphatic carboxylic acids is 1. The summed E-state index contributed by atoms with van der Waals surface area (Å²) in [5.41, 5.74) is 0.185. The molecule has 1 aromatic rings. The van der Waals surface area contributed by atoms with Gasteiger partial charge in [0.2, 0.25) is 10.0 Å². The minimum Gasteiger partial charge on any atom is -0.481 e. The van der Waals surface area contributed by atoms with E-state index < -0.39 is 21.9 Å². The zero-order chi connectivity index (χ0) is 16.3. The largest absolute Gasteiger partial charge is 0.481 e. The highest BCUT2D eigenvalue weighted by molar-refractivity contribution is 7.89. The van der Waals surface area contributed by atoms with Crippen LogP contribution in [0, 0.1) is 11.3 Å². The van der Waals surface area contributed by atoms with Gasteiger partial charge in [-0.2, -0.15) is 0 Å². The van der Waals surface area contributed by atoms with E-state index in [4.69, 9.17) is 5.14 Å². The summed E-state index contributed by atoms with van der Waals surface area (Å²) in [5.74, 6) is -1.52. The number of primary sulfonamides is 1. The standard InChI is InChI=1S/C14H22N2O4S/c1-14(2,3)8-10(13(17)18)9-16-11-6-4-5-7-12(11)21(15,19)20/h4-7,10,16H,8-9H2,1-3H3,(H,17,18)(H2,15,19,20). The molecule has 1 aromatic carbocycles. The Morgan fingerprint density at radius 3 is 2.38 bits per heavy atom. The number of nitrogens with one attached hydrogen (secondary N) is 1. The minimum atomic E-state index is -3.85. The molecule has 0 aromatic heterocycles. The van der Waals surface area contributed by atoms with Crippen molar-refractivity contribution in [3.05, 3.63) is 24.3 Å². The fraction of sp³-hybridized carbons (Fsp3) is 0.500. The summed E-state index contributed by atoms with van der Waals surface area (Å²) in [6.07, 6.45) is 0.479. The highest BCUT2D eigenvalue weighted by Gasteiger charge is 2.25. The molecule has 118 valence electrons. The van der Waals surface area contributed by atoms with Crippen molar-refractivity contribution in [2.75, 3.05) is 11.9 Å². The molecular weight excluding hydrogens is 292 g/mol. The number of rotatable bonds is 6. The Bertz CT molecular complexity index is 606. The van der Waals surface area contributed by atoms with E-state index in [0.717, 1.165) is 0 Å². The number of hydrogen-bond donors (Lipinski definition) is 3. The van der Waals surface area contributed by atoms with E-state index in [0.29, 0.717) is 12.1 Å². The third kappa shape index (κ3) is 5.73. The van der Waals surface area contributed by atoms with Gasteiger partial charge >= 0.3 is 5.97 Å². The van der Waals surface area contributed by atoms with Gasteiger partial charge in [-0.25, -0.2) is 13.6 Å². The van der Waals surface area contributed by atoms with Crippen LogP contribution in [0.25, 0.3) is 0 Å². The first-order valence-electron chi connectivity index (χ1n) is 6.59. The number of hydrogen-bond acceptors (Lipinski definition) is 4. The fourth-order valence-corrected chi connectivity index (χ4v) is 2.79. The molecule has 0 heterocycles. The number of para-hydroxylation sites is 1. The second-order valence-corrected chi connectivity index (χ2v) is 7.75. The first-order valence-corrected chi connectivity index (χ1v) is 8.14. The van der Waals surface area contributed by atoms with Crippen LogP contribution in [0.1, 0.15) is 27.2 Å². The van der Waals surface area contributed by atoms with E-state index in [2.05, 4.69) is 5.32 Å². The van der Waals surface area contributed by atoms with Crippen molar-refractivity contribution in [3.8, 4) is 0 Å². The van der Waals surface area contributed by atoms with Crippen LogP contribution < -0.4 is 10.5 Å². The van der Waals surface area contributed by atoms with Gasteiger partial charge in [0.05, 0.1) is 11.6 Å². The zero-order valence-corrected chi connectivity index (χ0v) is 13.3. The smallest absolute Gasteiger partial charge is 0.308 e. The lowest BCUT2D eigenvalue weighted by Gasteiger charge is -2.24. The van der Waals surface area contributed by atoms with Crippen LogP contribution in [-0.4, -0.2) is 26.0 Å². The predicted molar refractivity (Wildman–Crippen MR) is 81.5 cm³/mol. The van der Waals surface area contributed by atoms with Crippen LogP contribution in [0.4, 0.5) is 5.69 Å². The average Bonchev–Trinajstić information content (AvgIpc) is 2.32. The van der Waals surface area contributed by atoms with E-state index in [1.807, 2.05) is 20.8 Å². The molecule has 0 saturated heterocycles. The molecule has 21 heavy (non-hydrogen) atoms. The van der Waals surface area contributed by atoms with Gasteiger partial charge in [0, 0.05) is 6.54 Å². The zero-order valence-electron chi connectivity index (χ0n) is 12.5. The SMILES string of the molecule is CC(C)(C)CC(CNc1ccccc1S(N)(=O)=O)C(=O)O. The van der Waals surface area contributed by atoms with Gasteiger partial charge in [-0.15, -0.1) is 0 Å². The lowest BCUT2D eigenvalue weighted by molar-refractivity contribution is -0.142. The molecule has 0 amide bonds. The number of benzene rings is 1. The van der Waals surface area contributed by atoms with Gasteiger partial charge < -0.3 is 10.4 Å². The quantitative estimate of drug-likeness (QED) is 0.742. The van der Waals surface area contributed by atoms with E-state index >= 15 is 0 Å². The molecule has 4 N–H and O–H groups in total. The molecular formula is C14H22N2O4S. The molecule has 0 aliphatic rings. The van der Waals surface area contributed by atoms with Crippen molar-refractivity contribution in [1.29, 1.82) is 0 Å². The van der Waals surface area contributed by atoms with Crippen molar-refractivity contribution in [2.45, 2.75) is 32.1 Å². The highest BCUT2D eigenvalue weighted by atomic mass is 32.2. The van der Waals surface area contributed by atoms with Gasteiger partial charge in [0.1, 0.15) is 4.90 Å². The van der Waals surface area contributed by atoms with Crippen molar-refractivity contribution >= 4 is 21.7 Å². The first-order chi connectivity index (χ1) is 9.50. The third-order valence-electron chi connectivity index (χ3n) is 2.94. The molecule has 0 aliphatic heterocycles. The molecule has 0 spiro atoms. The van der Waals surface area contributed by atoms with Gasteiger partial charge in [0.25, 0.3) is 0 Å². The van der Waals surface area contributed by atoms with Crippen LogP contribution in [0.5, 0.6) is 0 Å². The van der Waals surface area contributed by atoms with Crippen LogP contribution in [0.3, 0.4) is 0 Å². The number of carboxylic acid groups (broad SMARTS) is 1. The first kappa shape index (κ1) is 17.5.